The zero-order valence-corrected chi connectivity index (χ0v) is 19.3. The van der Waals surface area contributed by atoms with Crippen LogP contribution in [0.5, 0.6) is 0 Å². The van der Waals surface area contributed by atoms with E-state index in [4.69, 9.17) is 0 Å². The molecule has 0 spiro atoms. The number of piperidine rings is 1. The highest BCUT2D eigenvalue weighted by molar-refractivity contribution is 7.89. The zero-order chi connectivity index (χ0) is 22.8. The molecule has 1 aliphatic carbocycles. The van der Waals surface area contributed by atoms with Gasteiger partial charge in [-0.3, -0.25) is 0 Å². The van der Waals surface area contributed by atoms with E-state index in [1.54, 1.807) is 25.8 Å². The Balaban J connectivity index is 1.47. The summed E-state index contributed by atoms with van der Waals surface area (Å²) in [7, 11) is -1.50. The summed E-state index contributed by atoms with van der Waals surface area (Å²) in [5.41, 5.74) is 0.683. The first kappa shape index (κ1) is 23.9. The molecular weight excluding hydrogens is 424 g/mol. The Kier molecular flexibility index (Phi) is 7.57. The summed E-state index contributed by atoms with van der Waals surface area (Å²) in [5, 5.41) is 2.64. The lowest BCUT2D eigenvalue weighted by Gasteiger charge is -2.38. The Morgan fingerprint density at radius 1 is 1.03 bits per heavy atom. The van der Waals surface area contributed by atoms with Crippen molar-refractivity contribution in [2.45, 2.75) is 75.6 Å². The SMILES string of the molecule is CC(C)S(=O)(=O)N1CCC(N(C)C(=O)N[C@H]2CC[C@H](c3cc(F)cc(F)c3)CC2)CC1. The van der Waals surface area contributed by atoms with E-state index >= 15 is 0 Å². The topological polar surface area (TPSA) is 69.7 Å². The van der Waals surface area contributed by atoms with Crippen molar-refractivity contribution >= 4 is 16.1 Å². The molecule has 6 nitrogen and oxygen atoms in total. The third-order valence-corrected chi connectivity index (χ3v) is 8.93. The van der Waals surface area contributed by atoms with E-state index in [9.17, 15) is 22.0 Å². The molecule has 0 aromatic heterocycles. The second-order valence-electron chi connectivity index (χ2n) is 9.04. The van der Waals surface area contributed by atoms with Crippen molar-refractivity contribution in [3.05, 3.63) is 35.4 Å². The molecule has 0 bridgehead atoms. The smallest absolute Gasteiger partial charge is 0.317 e. The molecule has 9 heteroatoms. The lowest BCUT2D eigenvalue weighted by molar-refractivity contribution is 0.157. The van der Waals surface area contributed by atoms with Crippen LogP contribution in [-0.4, -0.2) is 61.1 Å². The van der Waals surface area contributed by atoms with Gasteiger partial charge in [0.2, 0.25) is 10.0 Å². The number of carbonyl (C=O) groups excluding carboxylic acids is 1. The van der Waals surface area contributed by atoms with E-state index in [1.165, 1.54) is 16.4 Å². The number of nitrogens with one attached hydrogen (secondary N) is 1. The Morgan fingerprint density at radius 2 is 1.58 bits per heavy atom. The van der Waals surface area contributed by atoms with Crippen molar-refractivity contribution in [2.24, 2.45) is 0 Å². The summed E-state index contributed by atoms with van der Waals surface area (Å²) in [6.45, 7) is 4.22. The van der Waals surface area contributed by atoms with Gasteiger partial charge in [0, 0.05) is 38.3 Å². The van der Waals surface area contributed by atoms with Crippen molar-refractivity contribution in [2.75, 3.05) is 20.1 Å². The van der Waals surface area contributed by atoms with E-state index in [1.807, 2.05) is 0 Å². The summed E-state index contributed by atoms with van der Waals surface area (Å²) in [5.74, 6) is -1.01. The number of sulfonamides is 1. The molecule has 1 aliphatic heterocycles. The fourth-order valence-electron chi connectivity index (χ4n) is 4.61. The number of halogens is 2. The standard InChI is InChI=1S/C22H33F2N3O3S/c1-15(2)31(29,30)27-10-8-21(9-11-27)26(3)22(28)25-20-6-4-16(5-7-20)17-12-18(23)14-19(24)13-17/h12-16,20-21H,4-11H2,1-3H3,(H,25,28)/t16-,20-. The maximum Gasteiger partial charge on any atom is 0.317 e. The van der Waals surface area contributed by atoms with Gasteiger partial charge in [0.15, 0.2) is 0 Å². The normalized spacial score (nSPS) is 23.7. The van der Waals surface area contributed by atoms with Crippen LogP contribution in [0.3, 0.4) is 0 Å². The molecule has 0 atom stereocenters. The molecule has 31 heavy (non-hydrogen) atoms. The Labute approximate surface area is 184 Å². The lowest BCUT2D eigenvalue weighted by Crippen LogP contribution is -2.52. The number of amides is 2. The Morgan fingerprint density at radius 3 is 2.10 bits per heavy atom. The van der Waals surface area contributed by atoms with E-state index in [0.717, 1.165) is 31.7 Å². The highest BCUT2D eigenvalue weighted by Crippen LogP contribution is 2.33. The number of urea groups is 1. The third kappa shape index (κ3) is 5.74. The first-order valence-corrected chi connectivity index (χ1v) is 12.6. The van der Waals surface area contributed by atoms with Crippen LogP contribution >= 0.6 is 0 Å². The number of rotatable bonds is 5. The molecular formula is C22H33F2N3O3S. The number of hydrogen-bond acceptors (Lipinski definition) is 3. The van der Waals surface area contributed by atoms with Crippen molar-refractivity contribution in [1.29, 1.82) is 0 Å². The largest absolute Gasteiger partial charge is 0.335 e. The molecule has 1 saturated carbocycles. The van der Waals surface area contributed by atoms with E-state index in [0.29, 0.717) is 31.5 Å². The summed E-state index contributed by atoms with van der Waals surface area (Å²) >= 11 is 0. The molecule has 174 valence electrons. The molecule has 0 unspecified atom stereocenters. The lowest BCUT2D eigenvalue weighted by atomic mass is 9.81. The van der Waals surface area contributed by atoms with Gasteiger partial charge in [-0.25, -0.2) is 26.3 Å². The van der Waals surface area contributed by atoms with Crippen LogP contribution in [-0.2, 0) is 10.0 Å². The van der Waals surface area contributed by atoms with Gasteiger partial charge in [0.05, 0.1) is 5.25 Å². The summed E-state index contributed by atoms with van der Waals surface area (Å²) in [6.07, 6.45) is 4.29. The first-order valence-electron chi connectivity index (χ1n) is 11.1. The zero-order valence-electron chi connectivity index (χ0n) is 18.5. The van der Waals surface area contributed by atoms with Crippen molar-refractivity contribution < 1.29 is 22.0 Å². The predicted octanol–water partition coefficient (Wildman–Crippen LogP) is 3.84. The Hall–Kier alpha value is -1.74. The van der Waals surface area contributed by atoms with Crippen LogP contribution in [0.25, 0.3) is 0 Å². The van der Waals surface area contributed by atoms with Crippen LogP contribution in [0.1, 0.15) is 63.9 Å². The monoisotopic (exact) mass is 457 g/mol. The predicted molar refractivity (Wildman–Crippen MR) is 116 cm³/mol. The van der Waals surface area contributed by atoms with Crippen molar-refractivity contribution in [3.63, 3.8) is 0 Å². The molecule has 1 saturated heterocycles. The second kappa shape index (κ2) is 9.81. The fraction of sp³-hybridized carbons (Fsp3) is 0.682. The van der Waals surface area contributed by atoms with Crippen molar-refractivity contribution in [3.8, 4) is 0 Å². The van der Waals surface area contributed by atoms with Crippen LogP contribution in [0.2, 0.25) is 0 Å². The van der Waals surface area contributed by atoms with Crippen LogP contribution in [0.15, 0.2) is 18.2 Å². The average molecular weight is 458 g/mol. The minimum absolute atomic E-state index is 0.00483. The molecule has 2 amide bonds. The van der Waals surface area contributed by atoms with Gasteiger partial charge < -0.3 is 10.2 Å². The number of benzene rings is 1. The molecule has 2 aliphatic rings. The van der Waals surface area contributed by atoms with Gasteiger partial charge in [-0.2, -0.15) is 0 Å². The minimum atomic E-state index is -3.26. The van der Waals surface area contributed by atoms with Gasteiger partial charge in [0.1, 0.15) is 11.6 Å². The van der Waals surface area contributed by atoms with E-state index in [-0.39, 0.29) is 24.0 Å². The van der Waals surface area contributed by atoms with Gasteiger partial charge >= 0.3 is 6.03 Å². The highest BCUT2D eigenvalue weighted by atomic mass is 32.2. The molecule has 0 radical (unpaired) electrons. The number of hydrogen-bond donors (Lipinski definition) is 1. The minimum Gasteiger partial charge on any atom is -0.335 e. The van der Waals surface area contributed by atoms with Gasteiger partial charge in [-0.15, -0.1) is 0 Å². The Bertz CT molecular complexity index is 858. The van der Waals surface area contributed by atoms with Gasteiger partial charge in [-0.1, -0.05) is 0 Å². The molecule has 1 N–H and O–H groups in total. The number of nitrogens with zero attached hydrogens (tertiary/aromatic N) is 2. The maximum atomic E-state index is 13.5. The van der Waals surface area contributed by atoms with Crippen molar-refractivity contribution in [1.82, 2.24) is 14.5 Å². The second-order valence-corrected chi connectivity index (χ2v) is 11.5. The van der Waals surface area contributed by atoms with Crippen LogP contribution in [0.4, 0.5) is 13.6 Å². The quantitative estimate of drug-likeness (QED) is 0.731. The van der Waals surface area contributed by atoms with Gasteiger partial charge in [0.25, 0.3) is 0 Å². The summed E-state index contributed by atoms with van der Waals surface area (Å²) in [4.78, 5) is 14.4. The molecule has 1 heterocycles. The number of carbonyl (C=O) groups is 1. The fourth-order valence-corrected chi connectivity index (χ4v) is 5.92. The molecule has 1 aromatic carbocycles. The first-order chi connectivity index (χ1) is 14.6. The summed E-state index contributed by atoms with van der Waals surface area (Å²) < 4.78 is 53.1. The molecule has 2 fully saturated rings. The molecule has 3 rings (SSSR count). The van der Waals surface area contributed by atoms with E-state index in [2.05, 4.69) is 5.32 Å². The average Bonchev–Trinajstić information content (AvgIpc) is 2.73. The maximum absolute atomic E-state index is 13.5. The highest BCUT2D eigenvalue weighted by Gasteiger charge is 2.33. The molecule has 1 aromatic rings. The summed E-state index contributed by atoms with van der Waals surface area (Å²) in [6, 6.07) is 3.56. The van der Waals surface area contributed by atoms with E-state index < -0.39 is 26.9 Å². The third-order valence-electron chi connectivity index (χ3n) is 6.66. The van der Waals surface area contributed by atoms with Gasteiger partial charge in [-0.05, 0) is 76.0 Å². The van der Waals surface area contributed by atoms with Crippen LogP contribution in [0, 0.1) is 11.6 Å². The van der Waals surface area contributed by atoms with Crippen LogP contribution < -0.4 is 5.32 Å².